The number of anilines is 1. The van der Waals surface area contributed by atoms with Crippen LogP contribution in [0, 0.1) is 0 Å². The summed E-state index contributed by atoms with van der Waals surface area (Å²) in [6, 6.07) is 13.9. The number of hydrogen-bond donors (Lipinski definition) is 1. The van der Waals surface area contributed by atoms with Crippen molar-refractivity contribution in [3.63, 3.8) is 0 Å². The van der Waals surface area contributed by atoms with Crippen LogP contribution in [0.4, 0.5) is 5.82 Å². The fourth-order valence-electron chi connectivity index (χ4n) is 2.85. The number of nitrogens with one attached hydrogen (secondary N) is 1. The SMILES string of the molecule is CCc1ccc(Cn2nccc2NC(=O)c2cc(S(=O)(=O)N(C)C)ccc2Cl)cc1. The number of sulfonamides is 1. The van der Waals surface area contributed by atoms with Crippen molar-refractivity contribution in [2.75, 3.05) is 19.4 Å². The van der Waals surface area contributed by atoms with E-state index in [-0.39, 0.29) is 15.5 Å². The van der Waals surface area contributed by atoms with Crippen molar-refractivity contribution in [3.05, 3.63) is 76.4 Å². The first-order chi connectivity index (χ1) is 14.2. The molecule has 0 saturated heterocycles. The summed E-state index contributed by atoms with van der Waals surface area (Å²) in [7, 11) is -0.837. The number of carbonyl (C=O) groups excluding carboxylic acids is 1. The van der Waals surface area contributed by atoms with Gasteiger partial charge in [0, 0.05) is 20.2 Å². The summed E-state index contributed by atoms with van der Waals surface area (Å²) in [5.41, 5.74) is 2.36. The molecular formula is C21H23ClN4O3S. The molecule has 7 nitrogen and oxygen atoms in total. The van der Waals surface area contributed by atoms with Gasteiger partial charge in [0.15, 0.2) is 0 Å². The molecule has 0 fully saturated rings. The van der Waals surface area contributed by atoms with Gasteiger partial charge >= 0.3 is 0 Å². The fraction of sp³-hybridized carbons (Fsp3) is 0.238. The Balaban J connectivity index is 1.83. The highest BCUT2D eigenvalue weighted by molar-refractivity contribution is 7.89. The van der Waals surface area contributed by atoms with Gasteiger partial charge in [-0.1, -0.05) is 42.8 Å². The molecule has 3 aromatic rings. The van der Waals surface area contributed by atoms with E-state index < -0.39 is 15.9 Å². The minimum atomic E-state index is -3.69. The second-order valence-electron chi connectivity index (χ2n) is 6.93. The first-order valence-electron chi connectivity index (χ1n) is 9.35. The molecular weight excluding hydrogens is 424 g/mol. The van der Waals surface area contributed by atoms with Crippen LogP contribution < -0.4 is 5.32 Å². The summed E-state index contributed by atoms with van der Waals surface area (Å²) >= 11 is 6.17. The molecule has 1 heterocycles. The summed E-state index contributed by atoms with van der Waals surface area (Å²) in [5.74, 6) is -0.0320. The number of hydrogen-bond acceptors (Lipinski definition) is 4. The van der Waals surface area contributed by atoms with Crippen molar-refractivity contribution in [2.45, 2.75) is 24.8 Å². The van der Waals surface area contributed by atoms with E-state index in [1.54, 1.807) is 16.9 Å². The van der Waals surface area contributed by atoms with Crippen LogP contribution in [0.25, 0.3) is 0 Å². The van der Waals surface area contributed by atoms with Crippen molar-refractivity contribution in [1.82, 2.24) is 14.1 Å². The van der Waals surface area contributed by atoms with E-state index in [0.717, 1.165) is 16.3 Å². The molecule has 0 aliphatic heterocycles. The average Bonchev–Trinajstić information content (AvgIpc) is 3.15. The molecule has 158 valence electrons. The predicted octanol–water partition coefficient (Wildman–Crippen LogP) is 3.65. The Morgan fingerprint density at radius 2 is 1.77 bits per heavy atom. The summed E-state index contributed by atoms with van der Waals surface area (Å²) < 4.78 is 27.5. The van der Waals surface area contributed by atoms with E-state index in [1.165, 1.54) is 37.9 Å². The molecule has 0 aliphatic rings. The molecule has 3 rings (SSSR count). The summed E-state index contributed by atoms with van der Waals surface area (Å²) in [5, 5.41) is 7.20. The molecule has 1 amide bonds. The maximum Gasteiger partial charge on any atom is 0.258 e. The summed E-state index contributed by atoms with van der Waals surface area (Å²) in [6.45, 7) is 2.58. The molecule has 0 aliphatic carbocycles. The maximum absolute atomic E-state index is 12.8. The highest BCUT2D eigenvalue weighted by atomic mass is 35.5. The number of amides is 1. The van der Waals surface area contributed by atoms with Crippen LogP contribution in [0.3, 0.4) is 0 Å². The van der Waals surface area contributed by atoms with Gasteiger partial charge in [-0.3, -0.25) is 4.79 Å². The largest absolute Gasteiger partial charge is 0.307 e. The number of rotatable bonds is 7. The van der Waals surface area contributed by atoms with Gasteiger partial charge in [0.1, 0.15) is 5.82 Å². The van der Waals surface area contributed by atoms with Crippen LogP contribution in [0.1, 0.15) is 28.4 Å². The lowest BCUT2D eigenvalue weighted by Crippen LogP contribution is -2.23. The Labute approximate surface area is 181 Å². The average molecular weight is 447 g/mol. The van der Waals surface area contributed by atoms with E-state index in [9.17, 15) is 13.2 Å². The van der Waals surface area contributed by atoms with Gasteiger partial charge in [0.05, 0.1) is 28.2 Å². The fourth-order valence-corrected chi connectivity index (χ4v) is 3.98. The van der Waals surface area contributed by atoms with Crippen molar-refractivity contribution in [1.29, 1.82) is 0 Å². The van der Waals surface area contributed by atoms with E-state index in [4.69, 9.17) is 11.6 Å². The molecule has 0 unspecified atom stereocenters. The predicted molar refractivity (Wildman–Crippen MR) is 117 cm³/mol. The zero-order valence-electron chi connectivity index (χ0n) is 17.0. The van der Waals surface area contributed by atoms with E-state index in [2.05, 4.69) is 29.5 Å². The highest BCUT2D eigenvalue weighted by Gasteiger charge is 2.21. The number of nitrogens with zero attached hydrogens (tertiary/aromatic N) is 3. The van der Waals surface area contributed by atoms with Crippen LogP contribution in [0.2, 0.25) is 5.02 Å². The number of halogens is 1. The third kappa shape index (κ3) is 4.72. The Kier molecular flexibility index (Phi) is 6.60. The highest BCUT2D eigenvalue weighted by Crippen LogP contribution is 2.23. The van der Waals surface area contributed by atoms with Crippen LogP contribution >= 0.6 is 11.6 Å². The lowest BCUT2D eigenvalue weighted by atomic mass is 10.1. The standard InChI is InChI=1S/C21H23ClN4O3S/c1-4-15-5-7-16(8-6-15)14-26-20(11-12-23-26)24-21(27)18-13-17(9-10-19(18)22)30(28,29)25(2)3/h5-13H,4,14H2,1-3H3,(H,24,27). The Bertz CT molecular complexity index is 1160. The Morgan fingerprint density at radius 3 is 2.40 bits per heavy atom. The quantitative estimate of drug-likeness (QED) is 0.600. The van der Waals surface area contributed by atoms with E-state index in [1.807, 2.05) is 12.1 Å². The molecule has 0 radical (unpaired) electrons. The van der Waals surface area contributed by atoms with E-state index >= 15 is 0 Å². The van der Waals surface area contributed by atoms with Crippen LogP contribution in [-0.4, -0.2) is 42.5 Å². The third-order valence-corrected chi connectivity index (χ3v) is 6.82. The van der Waals surface area contributed by atoms with Crippen molar-refractivity contribution < 1.29 is 13.2 Å². The van der Waals surface area contributed by atoms with E-state index in [0.29, 0.717) is 12.4 Å². The van der Waals surface area contributed by atoms with Gasteiger partial charge in [0.2, 0.25) is 10.0 Å². The minimum Gasteiger partial charge on any atom is -0.307 e. The zero-order valence-corrected chi connectivity index (χ0v) is 18.5. The molecule has 0 bridgehead atoms. The Hall–Kier alpha value is -2.68. The van der Waals surface area contributed by atoms with Crippen molar-refractivity contribution >= 4 is 33.3 Å². The molecule has 0 atom stereocenters. The van der Waals surface area contributed by atoms with Gasteiger partial charge in [0.25, 0.3) is 5.91 Å². The van der Waals surface area contributed by atoms with Crippen LogP contribution in [0.15, 0.2) is 59.6 Å². The second kappa shape index (κ2) is 8.99. The number of aryl methyl sites for hydroxylation is 1. The van der Waals surface area contributed by atoms with Gasteiger partial charge in [-0.05, 0) is 35.7 Å². The summed E-state index contributed by atoms with van der Waals surface area (Å²) in [4.78, 5) is 12.8. The van der Waals surface area contributed by atoms with Gasteiger partial charge in [-0.2, -0.15) is 5.10 Å². The number of benzene rings is 2. The second-order valence-corrected chi connectivity index (χ2v) is 9.49. The topological polar surface area (TPSA) is 84.3 Å². The Morgan fingerprint density at radius 1 is 1.10 bits per heavy atom. The number of aromatic nitrogens is 2. The zero-order chi connectivity index (χ0) is 21.9. The third-order valence-electron chi connectivity index (χ3n) is 4.68. The minimum absolute atomic E-state index is 0.00780. The maximum atomic E-state index is 12.8. The number of carbonyl (C=O) groups is 1. The van der Waals surface area contributed by atoms with Crippen LogP contribution in [-0.2, 0) is 23.0 Å². The van der Waals surface area contributed by atoms with Gasteiger partial charge < -0.3 is 5.32 Å². The molecule has 30 heavy (non-hydrogen) atoms. The normalized spacial score (nSPS) is 11.6. The molecule has 0 spiro atoms. The first kappa shape index (κ1) is 22.0. The lowest BCUT2D eigenvalue weighted by molar-refractivity contribution is 0.102. The molecule has 1 N–H and O–H groups in total. The molecule has 2 aromatic carbocycles. The lowest BCUT2D eigenvalue weighted by Gasteiger charge is -2.14. The van der Waals surface area contributed by atoms with Gasteiger partial charge in [-0.25, -0.2) is 17.4 Å². The van der Waals surface area contributed by atoms with Gasteiger partial charge in [-0.15, -0.1) is 0 Å². The molecule has 9 heteroatoms. The smallest absolute Gasteiger partial charge is 0.258 e. The molecule has 1 aromatic heterocycles. The van der Waals surface area contributed by atoms with Crippen molar-refractivity contribution in [3.8, 4) is 0 Å². The van der Waals surface area contributed by atoms with Crippen LogP contribution in [0.5, 0.6) is 0 Å². The molecule has 0 saturated carbocycles. The first-order valence-corrected chi connectivity index (χ1v) is 11.2. The summed E-state index contributed by atoms with van der Waals surface area (Å²) in [6.07, 6.45) is 2.55. The van der Waals surface area contributed by atoms with Crippen molar-refractivity contribution in [2.24, 2.45) is 0 Å². The monoisotopic (exact) mass is 446 g/mol.